The van der Waals surface area contributed by atoms with E-state index < -0.39 is 28.5 Å². The molecule has 0 unspecified atom stereocenters. The minimum atomic E-state index is -4.06. The number of benzene rings is 1. The van der Waals surface area contributed by atoms with E-state index in [4.69, 9.17) is 14.8 Å². The van der Waals surface area contributed by atoms with E-state index >= 15 is 0 Å². The van der Waals surface area contributed by atoms with Crippen LogP contribution in [0.4, 0.5) is 0 Å². The van der Waals surface area contributed by atoms with Crippen LogP contribution in [0.5, 0.6) is 0 Å². The maximum Gasteiger partial charge on any atom is 0.332 e. The molecule has 3 N–H and O–H groups in total. The zero-order valence-corrected chi connectivity index (χ0v) is 20.5. The van der Waals surface area contributed by atoms with Crippen LogP contribution >= 0.6 is 0 Å². The summed E-state index contributed by atoms with van der Waals surface area (Å²) in [5.41, 5.74) is 0.937. The molecule has 194 valence electrons. The van der Waals surface area contributed by atoms with Crippen LogP contribution in [0.2, 0.25) is 0 Å². The second-order valence-electron chi connectivity index (χ2n) is 5.96. The summed E-state index contributed by atoms with van der Waals surface area (Å²) in [7, 11) is -2.73. The van der Waals surface area contributed by atoms with Crippen LogP contribution in [0.1, 0.15) is 25.8 Å². The largest absolute Gasteiger partial charge is 0.481 e. The van der Waals surface area contributed by atoms with Crippen molar-refractivity contribution < 1.29 is 51.8 Å². The molecular formula is C23H30O11S. The van der Waals surface area contributed by atoms with Crippen molar-refractivity contribution >= 4 is 40.1 Å². The first-order valence-corrected chi connectivity index (χ1v) is 10.9. The highest BCUT2D eigenvalue weighted by atomic mass is 32.2. The van der Waals surface area contributed by atoms with Crippen molar-refractivity contribution in [1.82, 2.24) is 0 Å². The lowest BCUT2D eigenvalue weighted by atomic mass is 10.2. The van der Waals surface area contributed by atoms with Crippen molar-refractivity contribution in [3.05, 3.63) is 73.4 Å². The lowest BCUT2D eigenvalue weighted by molar-refractivity contribution is -0.139. The van der Waals surface area contributed by atoms with Gasteiger partial charge in [0.1, 0.15) is 0 Å². The predicted octanol–water partition coefficient (Wildman–Crippen LogP) is 3.15. The Labute approximate surface area is 204 Å². The third kappa shape index (κ3) is 21.6. The van der Waals surface area contributed by atoms with Gasteiger partial charge in [-0.25, -0.2) is 14.4 Å². The zero-order chi connectivity index (χ0) is 28.2. The fraction of sp³-hybridized carbons (Fsp3) is 0.217. The first-order chi connectivity index (χ1) is 16.1. The molecule has 0 aliphatic rings. The number of methoxy groups -OCH3 is 1. The number of hydrogen-bond acceptors (Lipinski definition) is 8. The third-order valence-corrected chi connectivity index (χ3v) is 3.94. The second kappa shape index (κ2) is 19.4. The van der Waals surface area contributed by atoms with Crippen molar-refractivity contribution in [2.75, 3.05) is 13.7 Å². The minimum Gasteiger partial charge on any atom is -0.481 e. The van der Waals surface area contributed by atoms with Gasteiger partial charge >= 0.3 is 23.9 Å². The summed E-state index contributed by atoms with van der Waals surface area (Å²) in [6.07, 6.45) is 2.23. The number of hydrogen-bond donors (Lipinski definition) is 3. The van der Waals surface area contributed by atoms with E-state index in [0.29, 0.717) is 12.2 Å². The van der Waals surface area contributed by atoms with E-state index in [0.717, 1.165) is 11.6 Å². The molecule has 0 saturated heterocycles. The summed E-state index contributed by atoms with van der Waals surface area (Å²) < 4.78 is 38.4. The highest BCUT2D eigenvalue weighted by Crippen LogP contribution is 2.10. The summed E-state index contributed by atoms with van der Waals surface area (Å²) in [6.45, 7) is 16.9. The highest BCUT2D eigenvalue weighted by Gasteiger charge is 2.08. The summed E-state index contributed by atoms with van der Waals surface area (Å²) in [4.78, 5) is 39.8. The molecule has 12 heteroatoms. The fourth-order valence-corrected chi connectivity index (χ4v) is 1.89. The number of carbonyl (C=O) groups excluding carboxylic acids is 2. The van der Waals surface area contributed by atoms with Gasteiger partial charge < -0.3 is 19.7 Å². The molecule has 35 heavy (non-hydrogen) atoms. The van der Waals surface area contributed by atoms with E-state index in [2.05, 4.69) is 35.8 Å². The highest BCUT2D eigenvalue weighted by molar-refractivity contribution is 7.85. The second-order valence-corrected chi connectivity index (χ2v) is 7.38. The molecule has 1 aromatic rings. The Morgan fingerprint density at radius 2 is 1.51 bits per heavy atom. The molecule has 1 aromatic carbocycles. The maximum absolute atomic E-state index is 10.6. The Hall–Kier alpha value is -4.03. The molecule has 0 heterocycles. The number of carboxylic acids is 2. The molecule has 0 bridgehead atoms. The molecule has 0 saturated carbocycles. The van der Waals surface area contributed by atoms with Crippen molar-refractivity contribution in [2.45, 2.75) is 25.2 Å². The van der Waals surface area contributed by atoms with Gasteiger partial charge in [-0.2, -0.15) is 8.42 Å². The topological polar surface area (TPSA) is 182 Å². The Morgan fingerprint density at radius 1 is 1.03 bits per heavy atom. The molecule has 0 fully saturated rings. The van der Waals surface area contributed by atoms with Crippen LogP contribution in [0.3, 0.4) is 0 Å². The molecular weight excluding hydrogens is 484 g/mol. The van der Waals surface area contributed by atoms with Crippen LogP contribution in [-0.4, -0.2) is 60.8 Å². The Morgan fingerprint density at radius 3 is 1.69 bits per heavy atom. The zero-order valence-electron chi connectivity index (χ0n) is 19.7. The van der Waals surface area contributed by atoms with Crippen molar-refractivity contribution in [2.24, 2.45) is 0 Å². The Balaban J connectivity index is -0.000000403. The van der Waals surface area contributed by atoms with Crippen molar-refractivity contribution in [3.63, 3.8) is 0 Å². The van der Waals surface area contributed by atoms with E-state index in [1.807, 2.05) is 0 Å². The SMILES string of the molecule is C=C(C)C(=O)OC.C=C(CC(=O)O)C(=O)O.C=CC(=O)OCC.C=Cc1ccc(S(=O)(=O)O)cc1. The maximum atomic E-state index is 10.6. The van der Waals surface area contributed by atoms with Gasteiger partial charge in [0.25, 0.3) is 10.1 Å². The number of ether oxygens (including phenoxy) is 2. The van der Waals surface area contributed by atoms with E-state index in [1.165, 1.54) is 19.2 Å². The van der Waals surface area contributed by atoms with Gasteiger partial charge in [-0.3, -0.25) is 9.35 Å². The van der Waals surface area contributed by atoms with E-state index in [1.54, 1.807) is 32.1 Å². The van der Waals surface area contributed by atoms with Crippen LogP contribution in [0.25, 0.3) is 6.08 Å². The minimum absolute atomic E-state index is 0.104. The van der Waals surface area contributed by atoms with Crippen LogP contribution in [-0.2, 0) is 38.8 Å². The lowest BCUT2D eigenvalue weighted by Gasteiger charge is -1.96. The Kier molecular flexibility index (Phi) is 19.7. The van der Waals surface area contributed by atoms with Gasteiger partial charge in [-0.1, -0.05) is 44.5 Å². The molecule has 0 spiro atoms. The van der Waals surface area contributed by atoms with Gasteiger partial charge in [-0.05, 0) is 31.5 Å². The molecule has 11 nitrogen and oxygen atoms in total. The van der Waals surface area contributed by atoms with Gasteiger partial charge in [-0.15, -0.1) is 0 Å². The lowest BCUT2D eigenvalue weighted by Crippen LogP contribution is -2.04. The summed E-state index contributed by atoms with van der Waals surface area (Å²) in [5, 5.41) is 16.1. The molecule has 0 aliphatic carbocycles. The number of carboxylic acid groups (broad SMARTS) is 2. The normalized spacial score (nSPS) is 9.03. The summed E-state index contributed by atoms with van der Waals surface area (Å²) >= 11 is 0. The van der Waals surface area contributed by atoms with Gasteiger partial charge in [0, 0.05) is 17.2 Å². The van der Waals surface area contributed by atoms with Gasteiger partial charge in [0.05, 0.1) is 25.0 Å². The van der Waals surface area contributed by atoms with E-state index in [9.17, 15) is 27.6 Å². The standard InChI is InChI=1S/C8H8O3S.C5H6O4.2C5H8O2/c1-2-7-3-5-8(6-4-7)12(9,10)11;1-3(5(8)9)2-4(6)7;1-4(2)5(6)7-3;1-3-5(6)7-4-2/h2-6H,1H2,(H,9,10,11);1-2H2,(H,6,7)(H,8,9);1H2,2-3H3;3H,1,4H2,2H3. The van der Waals surface area contributed by atoms with E-state index in [-0.39, 0.29) is 22.4 Å². The molecule has 0 aliphatic heterocycles. The average Bonchev–Trinajstić information content (AvgIpc) is 2.78. The third-order valence-electron chi connectivity index (χ3n) is 3.07. The molecule has 0 radical (unpaired) electrons. The first-order valence-electron chi connectivity index (χ1n) is 9.43. The van der Waals surface area contributed by atoms with Gasteiger partial charge in [0.15, 0.2) is 0 Å². The smallest absolute Gasteiger partial charge is 0.332 e. The fourth-order valence-electron chi connectivity index (χ4n) is 1.41. The van der Waals surface area contributed by atoms with Crippen LogP contribution in [0, 0.1) is 0 Å². The first kappa shape index (κ1) is 35.6. The number of aliphatic carboxylic acids is 2. The van der Waals surface area contributed by atoms with Crippen molar-refractivity contribution in [1.29, 1.82) is 0 Å². The number of carbonyl (C=O) groups is 4. The predicted molar refractivity (Wildman–Crippen MR) is 129 cm³/mol. The van der Waals surface area contributed by atoms with Crippen molar-refractivity contribution in [3.8, 4) is 0 Å². The van der Waals surface area contributed by atoms with Gasteiger partial charge in [0.2, 0.25) is 0 Å². The number of esters is 2. The summed E-state index contributed by atoms with van der Waals surface area (Å²) in [6, 6.07) is 5.78. The monoisotopic (exact) mass is 514 g/mol. The number of rotatable bonds is 8. The average molecular weight is 515 g/mol. The van der Waals surface area contributed by atoms with Crippen LogP contribution < -0.4 is 0 Å². The van der Waals surface area contributed by atoms with Crippen LogP contribution in [0.15, 0.2) is 72.7 Å². The quantitative estimate of drug-likeness (QED) is 0.263. The molecule has 0 amide bonds. The summed E-state index contributed by atoms with van der Waals surface area (Å²) in [5.74, 6) is -3.15. The molecule has 0 atom stereocenters. The molecule has 0 aromatic heterocycles. The Bertz CT molecular complexity index is 1000. The molecule has 1 rings (SSSR count).